The Balaban J connectivity index is 1.43. The molecule has 4 aromatic rings. The maximum absolute atomic E-state index is 13.7. The summed E-state index contributed by atoms with van der Waals surface area (Å²) >= 11 is 0. The van der Waals surface area contributed by atoms with Gasteiger partial charge in [-0.3, -0.25) is 4.90 Å². The number of nitrogens with zero attached hydrogens (tertiary/aromatic N) is 3. The Hall–Kier alpha value is -3.25. The number of fused-ring (bicyclic) bond motifs is 1. The first kappa shape index (κ1) is 20.6. The average molecular weight is 435 g/mol. The van der Waals surface area contributed by atoms with E-state index in [4.69, 9.17) is 0 Å². The molecule has 1 fully saturated rings. The number of rotatable bonds is 4. The second-order valence-corrected chi connectivity index (χ2v) is 8.16. The van der Waals surface area contributed by atoms with E-state index in [9.17, 15) is 13.2 Å². The lowest BCUT2D eigenvalue weighted by Crippen LogP contribution is -2.45. The molecule has 0 bridgehead atoms. The van der Waals surface area contributed by atoms with Crippen molar-refractivity contribution in [2.24, 2.45) is 0 Å². The molecular formula is C26H24F3N3. The van der Waals surface area contributed by atoms with Gasteiger partial charge in [0.15, 0.2) is 0 Å². The first-order chi connectivity index (χ1) is 15.5. The minimum absolute atomic E-state index is 0.163. The van der Waals surface area contributed by atoms with Crippen LogP contribution in [0.4, 0.5) is 18.9 Å². The lowest BCUT2D eigenvalue weighted by atomic mass is 10.1. The van der Waals surface area contributed by atoms with E-state index in [1.807, 2.05) is 36.5 Å². The molecule has 0 unspecified atom stereocenters. The smallest absolute Gasteiger partial charge is 0.369 e. The summed E-state index contributed by atoms with van der Waals surface area (Å²) in [5.74, 6) is 0. The van der Waals surface area contributed by atoms with Gasteiger partial charge in [-0.05, 0) is 35.9 Å². The normalized spacial score (nSPS) is 15.4. The molecule has 0 N–H and O–H groups in total. The lowest BCUT2D eigenvalue weighted by molar-refractivity contribution is -0.137. The van der Waals surface area contributed by atoms with E-state index in [0.717, 1.165) is 48.7 Å². The van der Waals surface area contributed by atoms with Gasteiger partial charge in [-0.2, -0.15) is 13.2 Å². The van der Waals surface area contributed by atoms with Gasteiger partial charge in [0.2, 0.25) is 0 Å². The van der Waals surface area contributed by atoms with Gasteiger partial charge in [0.1, 0.15) is 0 Å². The summed E-state index contributed by atoms with van der Waals surface area (Å²) < 4.78 is 42.7. The third-order valence-corrected chi connectivity index (χ3v) is 6.15. The largest absolute Gasteiger partial charge is 0.418 e. The molecule has 3 nitrogen and oxygen atoms in total. The van der Waals surface area contributed by atoms with Crippen LogP contribution in [0.5, 0.6) is 0 Å². The van der Waals surface area contributed by atoms with Crippen molar-refractivity contribution in [3.8, 4) is 5.69 Å². The molecule has 0 aliphatic carbocycles. The highest BCUT2D eigenvalue weighted by Gasteiger charge is 2.34. The number of halogens is 3. The molecule has 1 aliphatic heterocycles. The first-order valence-electron chi connectivity index (χ1n) is 10.8. The minimum Gasteiger partial charge on any atom is -0.369 e. The van der Waals surface area contributed by atoms with Crippen molar-refractivity contribution in [3.63, 3.8) is 0 Å². The van der Waals surface area contributed by atoms with Crippen LogP contribution in [0.15, 0.2) is 85.1 Å². The fraction of sp³-hybridized carbons (Fsp3) is 0.231. The summed E-state index contributed by atoms with van der Waals surface area (Å²) in [6, 6.07) is 23.9. The SMILES string of the molecule is FC(F)(F)c1ccccc1-n1cc(CN2CCN(c3ccccc3)CC2)c2ccccc21. The fourth-order valence-corrected chi connectivity index (χ4v) is 4.54. The van der Waals surface area contributed by atoms with E-state index in [2.05, 4.69) is 34.1 Å². The number of benzene rings is 3. The zero-order valence-corrected chi connectivity index (χ0v) is 17.6. The van der Waals surface area contributed by atoms with Gasteiger partial charge in [-0.15, -0.1) is 0 Å². The number of anilines is 1. The van der Waals surface area contributed by atoms with Crippen LogP contribution in [0.1, 0.15) is 11.1 Å². The van der Waals surface area contributed by atoms with Gasteiger partial charge >= 0.3 is 6.18 Å². The van der Waals surface area contributed by atoms with Crippen molar-refractivity contribution in [2.75, 3.05) is 31.1 Å². The van der Waals surface area contributed by atoms with Crippen LogP contribution in [0, 0.1) is 0 Å². The minimum atomic E-state index is -4.41. The van der Waals surface area contributed by atoms with Crippen LogP contribution in [-0.4, -0.2) is 35.6 Å². The molecule has 164 valence electrons. The van der Waals surface area contributed by atoms with Crippen molar-refractivity contribution in [2.45, 2.75) is 12.7 Å². The molecule has 1 aromatic heterocycles. The molecule has 0 radical (unpaired) electrons. The third-order valence-electron chi connectivity index (χ3n) is 6.15. The van der Waals surface area contributed by atoms with Crippen molar-refractivity contribution >= 4 is 16.6 Å². The summed E-state index contributed by atoms with van der Waals surface area (Å²) in [6.07, 6.45) is -2.53. The molecule has 0 atom stereocenters. The topological polar surface area (TPSA) is 11.4 Å². The molecular weight excluding hydrogens is 411 g/mol. The zero-order valence-electron chi connectivity index (χ0n) is 17.6. The van der Waals surface area contributed by atoms with Crippen LogP contribution in [0.2, 0.25) is 0 Å². The summed E-state index contributed by atoms with van der Waals surface area (Å²) in [7, 11) is 0. The predicted octanol–water partition coefficient (Wildman–Crippen LogP) is 5.97. The van der Waals surface area contributed by atoms with Gasteiger partial charge in [0.25, 0.3) is 0 Å². The number of aromatic nitrogens is 1. The maximum atomic E-state index is 13.7. The average Bonchev–Trinajstić information content (AvgIpc) is 3.18. The second-order valence-electron chi connectivity index (χ2n) is 8.16. The summed E-state index contributed by atoms with van der Waals surface area (Å²) in [6.45, 7) is 4.39. The maximum Gasteiger partial charge on any atom is 0.418 e. The Bertz CT molecular complexity index is 1210. The Morgan fingerprint density at radius 3 is 2.12 bits per heavy atom. The molecule has 5 rings (SSSR count). The van der Waals surface area contributed by atoms with Crippen LogP contribution in [0.25, 0.3) is 16.6 Å². The quantitative estimate of drug-likeness (QED) is 0.391. The summed E-state index contributed by atoms with van der Waals surface area (Å²) in [4.78, 5) is 4.75. The van der Waals surface area contributed by atoms with E-state index >= 15 is 0 Å². The molecule has 6 heteroatoms. The number of alkyl halides is 3. The van der Waals surface area contributed by atoms with Gasteiger partial charge < -0.3 is 9.47 Å². The predicted molar refractivity (Wildman–Crippen MR) is 122 cm³/mol. The number of para-hydroxylation sites is 3. The van der Waals surface area contributed by atoms with Crippen LogP contribution in [0.3, 0.4) is 0 Å². The Morgan fingerprint density at radius 2 is 1.38 bits per heavy atom. The monoisotopic (exact) mass is 435 g/mol. The highest BCUT2D eigenvalue weighted by Crippen LogP contribution is 2.36. The van der Waals surface area contributed by atoms with E-state index in [1.165, 1.54) is 17.8 Å². The van der Waals surface area contributed by atoms with E-state index < -0.39 is 11.7 Å². The molecule has 32 heavy (non-hydrogen) atoms. The van der Waals surface area contributed by atoms with Crippen LogP contribution >= 0.6 is 0 Å². The van der Waals surface area contributed by atoms with Crippen LogP contribution in [-0.2, 0) is 12.7 Å². The highest BCUT2D eigenvalue weighted by atomic mass is 19.4. The second kappa shape index (κ2) is 8.36. The highest BCUT2D eigenvalue weighted by molar-refractivity contribution is 5.86. The molecule has 2 heterocycles. The summed E-state index contributed by atoms with van der Waals surface area (Å²) in [5, 5.41) is 0.995. The Labute approximate surface area is 185 Å². The number of hydrogen-bond acceptors (Lipinski definition) is 2. The number of hydrogen-bond donors (Lipinski definition) is 0. The number of piperazine rings is 1. The molecule has 3 aromatic carbocycles. The Kier molecular flexibility index (Phi) is 5.39. The molecule has 1 aliphatic rings. The van der Waals surface area contributed by atoms with Gasteiger partial charge in [-0.1, -0.05) is 48.5 Å². The van der Waals surface area contributed by atoms with Crippen molar-refractivity contribution in [1.82, 2.24) is 9.47 Å². The zero-order chi connectivity index (χ0) is 22.1. The third kappa shape index (κ3) is 3.98. The van der Waals surface area contributed by atoms with E-state index in [0.29, 0.717) is 6.54 Å². The van der Waals surface area contributed by atoms with Crippen molar-refractivity contribution < 1.29 is 13.2 Å². The van der Waals surface area contributed by atoms with Crippen molar-refractivity contribution in [3.05, 3.63) is 96.2 Å². The van der Waals surface area contributed by atoms with Gasteiger partial charge in [0, 0.05) is 50.0 Å². The van der Waals surface area contributed by atoms with E-state index in [-0.39, 0.29) is 5.69 Å². The first-order valence-corrected chi connectivity index (χ1v) is 10.8. The van der Waals surface area contributed by atoms with Crippen LogP contribution < -0.4 is 4.90 Å². The molecule has 0 saturated carbocycles. The Morgan fingerprint density at radius 1 is 0.719 bits per heavy atom. The standard InChI is InChI=1S/C26H24F3N3/c27-26(28,29)23-11-5-7-13-25(23)32-19-20(22-10-4-6-12-24(22)32)18-30-14-16-31(17-15-30)21-8-2-1-3-9-21/h1-13,19H,14-18H2. The molecule has 0 spiro atoms. The summed E-state index contributed by atoms with van der Waals surface area (Å²) in [5.41, 5.74) is 2.61. The van der Waals surface area contributed by atoms with Gasteiger partial charge in [0.05, 0.1) is 16.8 Å². The lowest BCUT2D eigenvalue weighted by Gasteiger charge is -2.36. The molecule has 1 saturated heterocycles. The van der Waals surface area contributed by atoms with E-state index in [1.54, 1.807) is 10.6 Å². The fourth-order valence-electron chi connectivity index (χ4n) is 4.54. The van der Waals surface area contributed by atoms with Gasteiger partial charge in [-0.25, -0.2) is 0 Å². The van der Waals surface area contributed by atoms with Crippen molar-refractivity contribution in [1.29, 1.82) is 0 Å². The molecule has 0 amide bonds.